The summed E-state index contributed by atoms with van der Waals surface area (Å²) < 4.78 is 10.7. The van der Waals surface area contributed by atoms with E-state index in [0.29, 0.717) is 34.3 Å². The van der Waals surface area contributed by atoms with Gasteiger partial charge < -0.3 is 35.0 Å². The molecule has 2 fully saturated rings. The van der Waals surface area contributed by atoms with Crippen molar-refractivity contribution in [2.45, 2.75) is 44.5 Å². The Balaban J connectivity index is 0.982. The number of carbonyl (C=O) groups is 4. The van der Waals surface area contributed by atoms with E-state index in [2.05, 4.69) is 15.6 Å². The van der Waals surface area contributed by atoms with Crippen LogP contribution in [-0.4, -0.2) is 92.3 Å². The molecule has 3 N–H and O–H groups in total. The van der Waals surface area contributed by atoms with E-state index in [1.54, 1.807) is 12.3 Å². The van der Waals surface area contributed by atoms with E-state index in [1.165, 1.54) is 76.5 Å². The average Bonchev–Trinajstić information content (AvgIpc) is 3.70. The number of ether oxygens (including phenoxy) is 2. The van der Waals surface area contributed by atoms with Gasteiger partial charge in [-0.15, -0.1) is 23.1 Å². The predicted octanol–water partition coefficient (Wildman–Crippen LogP) is 3.35. The number of aromatic nitrogens is 1. The third kappa shape index (κ3) is 8.14. The monoisotopic (exact) mass is 781 g/mol. The molecule has 0 spiro atoms. The first kappa shape index (κ1) is 38.1. The van der Waals surface area contributed by atoms with E-state index in [4.69, 9.17) is 9.47 Å². The molecule has 3 amide bonds. The minimum Gasteiger partial charge on any atom is -0.456 e. The number of nitro groups is 2. The third-order valence-electron chi connectivity index (χ3n) is 9.15. The van der Waals surface area contributed by atoms with Gasteiger partial charge in [0.05, 0.1) is 27.9 Å². The zero-order chi connectivity index (χ0) is 38.7. The summed E-state index contributed by atoms with van der Waals surface area (Å²) in [6.45, 7) is 4.58. The molecule has 3 aliphatic heterocycles. The minimum absolute atomic E-state index is 0.0335. The van der Waals surface area contributed by atoms with Gasteiger partial charge in [0.15, 0.2) is 5.13 Å². The molecule has 2 saturated heterocycles. The van der Waals surface area contributed by atoms with E-state index in [-0.39, 0.29) is 72.2 Å². The molecule has 18 nitrogen and oxygen atoms in total. The number of carbonyl (C=O) groups excluding carboxylic acids is 4. The summed E-state index contributed by atoms with van der Waals surface area (Å²) in [6, 6.07) is 10.9. The second kappa shape index (κ2) is 16.2. The summed E-state index contributed by atoms with van der Waals surface area (Å²) in [6.07, 6.45) is -1.61. The molecule has 0 radical (unpaired) electrons. The molecule has 0 saturated carbocycles. The normalized spacial score (nSPS) is 19.7. The third-order valence-corrected chi connectivity index (χ3v) is 11.5. The second-order valence-corrected chi connectivity index (χ2v) is 15.0. The van der Waals surface area contributed by atoms with Gasteiger partial charge in [-0.1, -0.05) is 6.92 Å². The first-order chi connectivity index (χ1) is 25.8. The maximum Gasteiger partial charge on any atom is 0.407 e. The lowest BCUT2D eigenvalue weighted by Gasteiger charge is -2.46. The summed E-state index contributed by atoms with van der Waals surface area (Å²) in [5.41, 5.74) is 1.33. The molecule has 0 aliphatic carbocycles. The van der Waals surface area contributed by atoms with Gasteiger partial charge in [0.25, 0.3) is 17.3 Å². The van der Waals surface area contributed by atoms with Gasteiger partial charge in [-0.3, -0.25) is 29.8 Å². The molecule has 1 aromatic heterocycles. The van der Waals surface area contributed by atoms with Gasteiger partial charge in [0.1, 0.15) is 24.6 Å². The predicted molar refractivity (Wildman–Crippen MR) is 194 cm³/mol. The number of β-lactam (4-membered cyclic amide) rings is 1. The van der Waals surface area contributed by atoms with Crippen molar-refractivity contribution < 1.29 is 43.6 Å². The topological polar surface area (TPSA) is 237 Å². The van der Waals surface area contributed by atoms with Gasteiger partial charge in [-0.05, 0) is 42.3 Å². The smallest absolute Gasteiger partial charge is 0.407 e. The van der Waals surface area contributed by atoms with Gasteiger partial charge in [0, 0.05) is 71.9 Å². The van der Waals surface area contributed by atoms with Crippen LogP contribution in [0.15, 0.2) is 64.5 Å². The van der Waals surface area contributed by atoms with E-state index < -0.39 is 39.8 Å². The number of hydrogen-bond donors (Lipinski definition) is 3. The second-order valence-electron chi connectivity index (χ2n) is 12.8. The number of rotatable bonds is 15. The summed E-state index contributed by atoms with van der Waals surface area (Å²) in [5, 5.41) is 39.6. The largest absolute Gasteiger partial charge is 0.456 e. The molecule has 4 heterocycles. The fourth-order valence-electron chi connectivity index (χ4n) is 6.31. The number of aliphatic hydroxyl groups excluding tert-OH is 1. The Morgan fingerprint density at radius 3 is 2.13 bits per heavy atom. The number of anilines is 1. The highest BCUT2D eigenvalue weighted by Gasteiger charge is 2.60. The van der Waals surface area contributed by atoms with Gasteiger partial charge in [-0.25, -0.2) is 14.6 Å². The molecule has 3 aromatic rings. The van der Waals surface area contributed by atoms with Crippen molar-refractivity contribution in [2.75, 3.05) is 31.1 Å². The fourth-order valence-corrected chi connectivity index (χ4v) is 8.65. The number of aliphatic hydroxyl groups is 1. The highest BCUT2D eigenvalue weighted by atomic mass is 32.2. The van der Waals surface area contributed by atoms with Crippen molar-refractivity contribution in [3.63, 3.8) is 0 Å². The summed E-state index contributed by atoms with van der Waals surface area (Å²) in [5.74, 6) is -2.34. The first-order valence-corrected chi connectivity index (χ1v) is 18.5. The van der Waals surface area contributed by atoms with Crippen LogP contribution < -0.4 is 15.5 Å². The van der Waals surface area contributed by atoms with E-state index in [0.717, 1.165) is 0 Å². The standard InChI is InChI=1S/C34H35N7O11S2/c1-18-27-26(19(2)42)31(44)39(27)28(32(45)51-15-20-3-7-22(8-4-20)40(47)48)29(18)54-24-13-38(14-24)33-37-25(17-53-33)30(43)35-11-12-36-34(46)52-16-21-5-9-23(10-6-21)41(49)50/h3-10,17-19,24,26-27,42H,11-16H2,1-2H3,(H,35,43)(H,36,46)/t18-,19-,26-,27-/m1/s1. The van der Waals surface area contributed by atoms with Crippen LogP contribution in [0, 0.1) is 32.1 Å². The lowest BCUT2D eigenvalue weighted by Crippen LogP contribution is -2.63. The van der Waals surface area contributed by atoms with Crippen LogP contribution in [0.4, 0.5) is 21.3 Å². The van der Waals surface area contributed by atoms with Crippen molar-refractivity contribution in [3.05, 3.63) is 102 Å². The van der Waals surface area contributed by atoms with Gasteiger partial charge >= 0.3 is 12.1 Å². The van der Waals surface area contributed by atoms with E-state index in [1.807, 2.05) is 11.8 Å². The average molecular weight is 782 g/mol. The number of hydrogen-bond acceptors (Lipinski definition) is 15. The zero-order valence-corrected chi connectivity index (χ0v) is 30.5. The van der Waals surface area contributed by atoms with Crippen molar-refractivity contribution >= 4 is 63.5 Å². The number of amides is 3. The van der Waals surface area contributed by atoms with Crippen molar-refractivity contribution in [2.24, 2.45) is 11.8 Å². The maximum atomic E-state index is 13.5. The molecule has 6 rings (SSSR count). The van der Waals surface area contributed by atoms with Crippen LogP contribution in [0.3, 0.4) is 0 Å². The van der Waals surface area contributed by atoms with Crippen molar-refractivity contribution in [1.82, 2.24) is 20.5 Å². The Hall–Kier alpha value is -5.60. The van der Waals surface area contributed by atoms with Crippen LogP contribution in [0.5, 0.6) is 0 Å². The van der Waals surface area contributed by atoms with Crippen LogP contribution in [0.25, 0.3) is 0 Å². The number of fused-ring (bicyclic) bond motifs is 1. The molecular formula is C34H35N7O11S2. The Bertz CT molecular complexity index is 1980. The number of nitro benzene ring substituents is 2. The highest BCUT2D eigenvalue weighted by molar-refractivity contribution is 8.03. The lowest BCUT2D eigenvalue weighted by molar-refractivity contribution is -0.385. The molecule has 0 unspecified atom stereocenters. The van der Waals surface area contributed by atoms with Crippen molar-refractivity contribution in [1.29, 1.82) is 0 Å². The summed E-state index contributed by atoms with van der Waals surface area (Å²) in [7, 11) is 0. The molecular weight excluding hydrogens is 747 g/mol. The number of thiazole rings is 1. The molecule has 4 atom stereocenters. The number of nitrogens with zero attached hydrogens (tertiary/aromatic N) is 5. The Labute approximate surface area is 315 Å². The Kier molecular flexibility index (Phi) is 11.4. The quantitative estimate of drug-likeness (QED) is 0.0660. The van der Waals surface area contributed by atoms with Crippen LogP contribution >= 0.6 is 23.1 Å². The maximum absolute atomic E-state index is 13.5. The van der Waals surface area contributed by atoms with Crippen molar-refractivity contribution in [3.8, 4) is 0 Å². The Morgan fingerprint density at radius 1 is 0.981 bits per heavy atom. The minimum atomic E-state index is -0.896. The lowest BCUT2D eigenvalue weighted by atomic mass is 9.79. The number of alkyl carbamates (subject to hydrolysis) is 1. The molecule has 0 bridgehead atoms. The van der Waals surface area contributed by atoms with Crippen LogP contribution in [0.1, 0.15) is 35.5 Å². The Morgan fingerprint density at radius 2 is 1.56 bits per heavy atom. The molecule has 2 aromatic carbocycles. The molecule has 54 heavy (non-hydrogen) atoms. The van der Waals surface area contributed by atoms with Crippen LogP contribution in [-0.2, 0) is 32.3 Å². The molecule has 284 valence electrons. The zero-order valence-electron chi connectivity index (χ0n) is 28.9. The molecule has 3 aliphatic rings. The van der Waals surface area contributed by atoms with Gasteiger partial charge in [-0.2, -0.15) is 0 Å². The summed E-state index contributed by atoms with van der Waals surface area (Å²) >= 11 is 2.77. The first-order valence-electron chi connectivity index (χ1n) is 16.8. The number of non-ortho nitro benzene ring substituents is 2. The number of nitrogens with one attached hydrogen (secondary N) is 2. The summed E-state index contributed by atoms with van der Waals surface area (Å²) in [4.78, 5) is 80.5. The molecule has 20 heteroatoms. The number of benzene rings is 2. The number of thioether (sulfide) groups is 1. The van der Waals surface area contributed by atoms with E-state index in [9.17, 15) is 44.5 Å². The van der Waals surface area contributed by atoms with Crippen LogP contribution in [0.2, 0.25) is 0 Å². The van der Waals surface area contributed by atoms with E-state index >= 15 is 0 Å². The highest BCUT2D eigenvalue weighted by Crippen LogP contribution is 2.52. The fraction of sp³-hybridized carbons (Fsp3) is 0.382. The SMILES string of the molecule is C[C@@H](O)[C@H]1C(=O)N2C(C(=O)OCc3ccc([N+](=O)[O-])cc3)=C(SC3CN(c4nc(C(=O)NCCNC(=O)OCc5ccc([N+](=O)[O-])cc5)cs4)C3)[C@H](C)[C@H]12. The van der Waals surface area contributed by atoms with Gasteiger partial charge in [0.2, 0.25) is 5.91 Å². The number of esters is 1.